The second-order valence-electron chi connectivity index (χ2n) is 2.13. The molecule has 2 N–H and O–H groups in total. The van der Waals surface area contributed by atoms with Gasteiger partial charge in [0, 0.05) is 6.54 Å². The van der Waals surface area contributed by atoms with Crippen LogP contribution in [-0.2, 0) is 0 Å². The molecule has 0 fully saturated rings. The van der Waals surface area contributed by atoms with Crippen molar-refractivity contribution >= 4 is 0 Å². The van der Waals surface area contributed by atoms with E-state index in [0.29, 0.717) is 24.6 Å². The van der Waals surface area contributed by atoms with Gasteiger partial charge in [0.15, 0.2) is 0 Å². The lowest BCUT2D eigenvalue weighted by atomic mass is 10.4. The number of aromatic nitrogens is 1. The maximum absolute atomic E-state index is 8.43. The number of nitrogens with zero attached hydrogens (tertiary/aromatic N) is 2. The molecule has 0 aliphatic heterocycles. The molecule has 0 aliphatic carbocycles. The molecule has 0 bridgehead atoms. The Morgan fingerprint density at radius 3 is 2.92 bits per heavy atom. The molecular weight excluding hydrogens is 154 g/mol. The van der Waals surface area contributed by atoms with Crippen molar-refractivity contribution in [1.82, 2.24) is 4.98 Å². The minimum absolute atomic E-state index is 0.384. The SMILES string of the molecule is N#Cc1ccc(OCCN)cn1. The molecule has 0 spiro atoms. The van der Waals surface area contributed by atoms with E-state index in [1.54, 1.807) is 12.1 Å². The van der Waals surface area contributed by atoms with Crippen molar-refractivity contribution in [2.45, 2.75) is 0 Å². The van der Waals surface area contributed by atoms with Crippen LogP contribution in [0.3, 0.4) is 0 Å². The Bertz CT molecular complexity index is 275. The van der Waals surface area contributed by atoms with Crippen LogP contribution in [0.4, 0.5) is 0 Å². The van der Waals surface area contributed by atoms with E-state index in [-0.39, 0.29) is 0 Å². The third-order valence-corrected chi connectivity index (χ3v) is 1.24. The first-order valence-corrected chi connectivity index (χ1v) is 3.56. The zero-order valence-corrected chi connectivity index (χ0v) is 6.53. The molecule has 1 heterocycles. The van der Waals surface area contributed by atoms with Crippen LogP contribution in [0.15, 0.2) is 18.3 Å². The van der Waals surface area contributed by atoms with Gasteiger partial charge in [-0.3, -0.25) is 0 Å². The predicted octanol–water partition coefficient (Wildman–Crippen LogP) is 0.291. The van der Waals surface area contributed by atoms with Gasteiger partial charge in [-0.05, 0) is 12.1 Å². The number of hydrogen-bond acceptors (Lipinski definition) is 4. The summed E-state index contributed by atoms with van der Waals surface area (Å²) in [6.45, 7) is 0.938. The molecule has 4 heteroatoms. The number of rotatable bonds is 3. The van der Waals surface area contributed by atoms with Gasteiger partial charge in [0.2, 0.25) is 0 Å². The van der Waals surface area contributed by atoms with E-state index in [9.17, 15) is 0 Å². The standard InChI is InChI=1S/C8H9N3O/c9-3-4-12-8-2-1-7(5-10)11-6-8/h1-2,6H,3-4,9H2. The molecule has 0 saturated carbocycles. The Hall–Kier alpha value is -1.60. The Labute approximate surface area is 70.6 Å². The predicted molar refractivity (Wildman–Crippen MR) is 43.5 cm³/mol. The second-order valence-corrected chi connectivity index (χ2v) is 2.13. The van der Waals surface area contributed by atoms with Crippen LogP contribution in [0.2, 0.25) is 0 Å². The van der Waals surface area contributed by atoms with Crippen molar-refractivity contribution in [1.29, 1.82) is 5.26 Å². The van der Waals surface area contributed by atoms with Gasteiger partial charge in [-0.2, -0.15) is 5.26 Å². The maximum atomic E-state index is 8.43. The summed E-state index contributed by atoms with van der Waals surface area (Å²) >= 11 is 0. The van der Waals surface area contributed by atoms with Crippen molar-refractivity contribution in [2.75, 3.05) is 13.2 Å². The van der Waals surface area contributed by atoms with Crippen molar-refractivity contribution < 1.29 is 4.74 Å². The largest absolute Gasteiger partial charge is 0.491 e. The number of ether oxygens (including phenoxy) is 1. The lowest BCUT2D eigenvalue weighted by Crippen LogP contribution is -2.10. The fourth-order valence-electron chi connectivity index (χ4n) is 0.709. The molecule has 0 aliphatic rings. The molecule has 0 aromatic carbocycles. The highest BCUT2D eigenvalue weighted by atomic mass is 16.5. The fourth-order valence-corrected chi connectivity index (χ4v) is 0.709. The van der Waals surface area contributed by atoms with E-state index in [2.05, 4.69) is 4.98 Å². The monoisotopic (exact) mass is 163 g/mol. The molecule has 12 heavy (non-hydrogen) atoms. The zero-order valence-electron chi connectivity index (χ0n) is 6.53. The van der Waals surface area contributed by atoms with Crippen LogP contribution in [0, 0.1) is 11.3 Å². The second kappa shape index (κ2) is 4.31. The summed E-state index contributed by atoms with van der Waals surface area (Å²) < 4.78 is 5.16. The van der Waals surface area contributed by atoms with Gasteiger partial charge in [-0.25, -0.2) is 4.98 Å². The first-order chi connectivity index (χ1) is 5.86. The van der Waals surface area contributed by atoms with Gasteiger partial charge in [-0.15, -0.1) is 0 Å². The summed E-state index contributed by atoms with van der Waals surface area (Å²) in [4.78, 5) is 3.82. The first kappa shape index (κ1) is 8.50. The fraction of sp³-hybridized carbons (Fsp3) is 0.250. The van der Waals surface area contributed by atoms with Gasteiger partial charge in [0.05, 0.1) is 6.20 Å². The third kappa shape index (κ3) is 2.22. The van der Waals surface area contributed by atoms with Crippen molar-refractivity contribution in [2.24, 2.45) is 5.73 Å². The van der Waals surface area contributed by atoms with Crippen LogP contribution in [0.5, 0.6) is 5.75 Å². The van der Waals surface area contributed by atoms with Gasteiger partial charge < -0.3 is 10.5 Å². The average Bonchev–Trinajstić information content (AvgIpc) is 2.15. The Kier molecular flexibility index (Phi) is 3.05. The molecule has 0 saturated heterocycles. The zero-order chi connectivity index (χ0) is 8.81. The summed E-state index contributed by atoms with van der Waals surface area (Å²) in [6, 6.07) is 5.22. The Morgan fingerprint density at radius 1 is 1.58 bits per heavy atom. The lowest BCUT2D eigenvalue weighted by Gasteiger charge is -2.01. The molecule has 4 nitrogen and oxygen atoms in total. The quantitative estimate of drug-likeness (QED) is 0.695. The van der Waals surface area contributed by atoms with Crippen LogP contribution in [0.1, 0.15) is 5.69 Å². The van der Waals surface area contributed by atoms with Crippen molar-refractivity contribution in [3.8, 4) is 11.8 Å². The summed E-state index contributed by atoms with van der Waals surface area (Å²) in [7, 11) is 0. The summed E-state index contributed by atoms with van der Waals surface area (Å²) in [5.74, 6) is 0.638. The molecule has 0 amide bonds. The third-order valence-electron chi connectivity index (χ3n) is 1.24. The number of nitriles is 1. The highest BCUT2D eigenvalue weighted by Gasteiger charge is 1.93. The van der Waals surface area contributed by atoms with E-state index in [4.69, 9.17) is 15.7 Å². The summed E-state index contributed by atoms with van der Waals surface area (Å²) in [5, 5.41) is 8.43. The topological polar surface area (TPSA) is 71.9 Å². The highest BCUT2D eigenvalue weighted by Crippen LogP contribution is 2.07. The lowest BCUT2D eigenvalue weighted by molar-refractivity contribution is 0.327. The van der Waals surface area contributed by atoms with Crippen LogP contribution >= 0.6 is 0 Å². The van der Waals surface area contributed by atoms with E-state index >= 15 is 0 Å². The van der Waals surface area contributed by atoms with Gasteiger partial charge in [0.1, 0.15) is 24.1 Å². The number of pyridine rings is 1. The normalized spacial score (nSPS) is 9.00. The van der Waals surface area contributed by atoms with Crippen molar-refractivity contribution in [3.63, 3.8) is 0 Å². The highest BCUT2D eigenvalue weighted by molar-refractivity contribution is 5.26. The van der Waals surface area contributed by atoms with E-state index in [0.717, 1.165) is 0 Å². The minimum atomic E-state index is 0.384. The summed E-state index contributed by atoms with van der Waals surface area (Å²) in [6.07, 6.45) is 1.51. The van der Waals surface area contributed by atoms with Gasteiger partial charge >= 0.3 is 0 Å². The summed E-state index contributed by atoms with van der Waals surface area (Å²) in [5.41, 5.74) is 5.62. The molecule has 1 aromatic rings. The van der Waals surface area contributed by atoms with Crippen LogP contribution in [0.25, 0.3) is 0 Å². The van der Waals surface area contributed by atoms with E-state index in [1.165, 1.54) is 6.20 Å². The molecular formula is C8H9N3O. The molecule has 0 unspecified atom stereocenters. The molecule has 1 rings (SSSR count). The molecule has 1 aromatic heterocycles. The van der Waals surface area contributed by atoms with Gasteiger partial charge in [0.25, 0.3) is 0 Å². The van der Waals surface area contributed by atoms with Crippen molar-refractivity contribution in [3.05, 3.63) is 24.0 Å². The minimum Gasteiger partial charge on any atom is -0.491 e. The Morgan fingerprint density at radius 2 is 2.42 bits per heavy atom. The number of hydrogen-bond donors (Lipinski definition) is 1. The van der Waals surface area contributed by atoms with E-state index < -0.39 is 0 Å². The Balaban J connectivity index is 2.60. The maximum Gasteiger partial charge on any atom is 0.140 e. The van der Waals surface area contributed by atoms with Crippen LogP contribution < -0.4 is 10.5 Å². The average molecular weight is 163 g/mol. The molecule has 0 atom stereocenters. The smallest absolute Gasteiger partial charge is 0.140 e. The molecule has 62 valence electrons. The van der Waals surface area contributed by atoms with E-state index in [1.807, 2.05) is 6.07 Å². The molecule has 0 radical (unpaired) electrons. The van der Waals surface area contributed by atoms with Gasteiger partial charge in [-0.1, -0.05) is 0 Å². The van der Waals surface area contributed by atoms with Crippen LogP contribution in [-0.4, -0.2) is 18.1 Å². The number of nitrogens with two attached hydrogens (primary N) is 1. The first-order valence-electron chi connectivity index (χ1n) is 3.56.